The second-order valence-electron chi connectivity index (χ2n) is 4.38. The summed E-state index contributed by atoms with van der Waals surface area (Å²) in [6, 6.07) is 8.26. The number of nitrogens with one attached hydrogen (secondary N) is 2. The standard InChI is InChI=1S/C13H14N6/c1-8-3-2-4-9(5-8)6-15-13-18-11(14)10-12(19-13)17-7-16-10/h2-5,7H,6H2,1H3,(H4,14,15,16,17,18,19). The minimum atomic E-state index is 0.397. The van der Waals surface area contributed by atoms with E-state index in [4.69, 9.17) is 5.73 Å². The molecule has 1 aromatic carbocycles. The molecule has 0 amide bonds. The van der Waals surface area contributed by atoms with E-state index in [0.29, 0.717) is 29.5 Å². The first-order valence-electron chi connectivity index (χ1n) is 5.98. The Morgan fingerprint density at radius 1 is 1.32 bits per heavy atom. The Morgan fingerprint density at radius 2 is 2.21 bits per heavy atom. The van der Waals surface area contributed by atoms with Crippen molar-refractivity contribution in [1.82, 2.24) is 19.9 Å². The number of aromatic amines is 1. The van der Waals surface area contributed by atoms with E-state index in [1.807, 2.05) is 6.07 Å². The van der Waals surface area contributed by atoms with Crippen LogP contribution in [0.3, 0.4) is 0 Å². The van der Waals surface area contributed by atoms with Gasteiger partial charge in [-0.1, -0.05) is 29.8 Å². The topological polar surface area (TPSA) is 92.5 Å². The Morgan fingerprint density at radius 3 is 3.05 bits per heavy atom. The van der Waals surface area contributed by atoms with E-state index in [1.54, 1.807) is 6.33 Å². The summed E-state index contributed by atoms with van der Waals surface area (Å²) >= 11 is 0. The molecule has 0 aliphatic carbocycles. The summed E-state index contributed by atoms with van der Waals surface area (Å²) in [6.07, 6.45) is 1.56. The number of benzene rings is 1. The average molecular weight is 254 g/mol. The van der Waals surface area contributed by atoms with E-state index in [2.05, 4.69) is 50.4 Å². The van der Waals surface area contributed by atoms with Gasteiger partial charge in [0.2, 0.25) is 5.95 Å². The monoisotopic (exact) mass is 254 g/mol. The number of aromatic nitrogens is 4. The molecule has 0 spiro atoms. The normalized spacial score (nSPS) is 10.8. The molecule has 0 radical (unpaired) electrons. The highest BCUT2D eigenvalue weighted by molar-refractivity contribution is 5.82. The number of anilines is 2. The van der Waals surface area contributed by atoms with Crippen molar-refractivity contribution in [3.05, 3.63) is 41.7 Å². The van der Waals surface area contributed by atoms with Crippen LogP contribution in [-0.4, -0.2) is 19.9 Å². The summed E-state index contributed by atoms with van der Waals surface area (Å²) in [7, 11) is 0. The Kier molecular flexibility index (Phi) is 2.75. The van der Waals surface area contributed by atoms with Crippen molar-refractivity contribution < 1.29 is 0 Å². The fraction of sp³-hybridized carbons (Fsp3) is 0.154. The molecule has 6 nitrogen and oxygen atoms in total. The van der Waals surface area contributed by atoms with E-state index in [-0.39, 0.29) is 0 Å². The molecule has 2 aromatic heterocycles. The lowest BCUT2D eigenvalue weighted by Crippen LogP contribution is -2.06. The maximum Gasteiger partial charge on any atom is 0.227 e. The van der Waals surface area contributed by atoms with Crippen molar-refractivity contribution >= 4 is 22.9 Å². The Balaban J connectivity index is 1.81. The minimum absolute atomic E-state index is 0.397. The molecule has 3 aromatic rings. The SMILES string of the molecule is Cc1cccc(CNc2nc(N)c3[nH]cnc3n2)c1. The smallest absolute Gasteiger partial charge is 0.227 e. The first-order valence-corrected chi connectivity index (χ1v) is 5.98. The molecule has 0 saturated heterocycles. The quantitative estimate of drug-likeness (QED) is 0.663. The molecule has 6 heteroatoms. The van der Waals surface area contributed by atoms with Gasteiger partial charge >= 0.3 is 0 Å². The molecule has 0 atom stereocenters. The van der Waals surface area contributed by atoms with Gasteiger partial charge < -0.3 is 16.0 Å². The molecular weight excluding hydrogens is 240 g/mol. The van der Waals surface area contributed by atoms with E-state index in [0.717, 1.165) is 0 Å². The molecule has 19 heavy (non-hydrogen) atoms. The van der Waals surface area contributed by atoms with Crippen LogP contribution in [0.1, 0.15) is 11.1 Å². The third-order valence-corrected chi connectivity index (χ3v) is 2.85. The maximum absolute atomic E-state index is 5.83. The number of nitrogen functional groups attached to an aromatic ring is 1. The summed E-state index contributed by atoms with van der Waals surface area (Å²) in [5.74, 6) is 0.882. The molecule has 4 N–H and O–H groups in total. The summed E-state index contributed by atoms with van der Waals surface area (Å²) in [6.45, 7) is 2.71. The van der Waals surface area contributed by atoms with Crippen LogP contribution in [0.15, 0.2) is 30.6 Å². The number of hydrogen-bond acceptors (Lipinski definition) is 5. The van der Waals surface area contributed by atoms with E-state index < -0.39 is 0 Å². The summed E-state index contributed by atoms with van der Waals surface area (Å²) in [4.78, 5) is 15.5. The van der Waals surface area contributed by atoms with Crippen molar-refractivity contribution in [1.29, 1.82) is 0 Å². The summed E-state index contributed by atoms with van der Waals surface area (Å²) < 4.78 is 0. The zero-order chi connectivity index (χ0) is 13.2. The van der Waals surface area contributed by atoms with Gasteiger partial charge in [-0.05, 0) is 12.5 Å². The van der Waals surface area contributed by atoms with Gasteiger partial charge in [-0.2, -0.15) is 9.97 Å². The zero-order valence-corrected chi connectivity index (χ0v) is 10.5. The fourth-order valence-electron chi connectivity index (χ4n) is 1.94. The van der Waals surface area contributed by atoms with Gasteiger partial charge in [0.05, 0.1) is 6.33 Å². The number of H-pyrrole nitrogens is 1. The van der Waals surface area contributed by atoms with Crippen molar-refractivity contribution in [3.63, 3.8) is 0 Å². The van der Waals surface area contributed by atoms with Crippen LogP contribution in [0, 0.1) is 6.92 Å². The predicted octanol–water partition coefficient (Wildman–Crippen LogP) is 1.86. The molecular formula is C13H14N6. The lowest BCUT2D eigenvalue weighted by atomic mass is 10.1. The molecule has 0 unspecified atom stereocenters. The molecule has 3 rings (SSSR count). The highest BCUT2D eigenvalue weighted by atomic mass is 15.2. The van der Waals surface area contributed by atoms with Crippen LogP contribution in [0.2, 0.25) is 0 Å². The summed E-state index contributed by atoms with van der Waals surface area (Å²) in [5, 5.41) is 3.15. The number of aryl methyl sites for hydroxylation is 1. The Bertz CT molecular complexity index is 718. The van der Waals surface area contributed by atoms with Crippen molar-refractivity contribution in [2.45, 2.75) is 13.5 Å². The van der Waals surface area contributed by atoms with Gasteiger partial charge in [-0.15, -0.1) is 0 Å². The molecule has 2 heterocycles. The van der Waals surface area contributed by atoms with Crippen LogP contribution >= 0.6 is 0 Å². The van der Waals surface area contributed by atoms with Crippen LogP contribution < -0.4 is 11.1 Å². The third kappa shape index (κ3) is 2.33. The van der Waals surface area contributed by atoms with Gasteiger partial charge in [-0.3, -0.25) is 0 Å². The zero-order valence-electron chi connectivity index (χ0n) is 10.5. The van der Waals surface area contributed by atoms with Gasteiger partial charge in [0.15, 0.2) is 11.5 Å². The number of nitrogens with zero attached hydrogens (tertiary/aromatic N) is 3. The number of hydrogen-bond donors (Lipinski definition) is 3. The molecule has 0 aliphatic heterocycles. The first kappa shape index (κ1) is 11.5. The second-order valence-corrected chi connectivity index (χ2v) is 4.38. The molecule has 96 valence electrons. The minimum Gasteiger partial charge on any atom is -0.382 e. The van der Waals surface area contributed by atoms with Crippen molar-refractivity contribution in [2.75, 3.05) is 11.1 Å². The first-order chi connectivity index (χ1) is 9.22. The molecule has 0 aliphatic rings. The molecule has 0 bridgehead atoms. The van der Waals surface area contributed by atoms with E-state index in [1.165, 1.54) is 11.1 Å². The van der Waals surface area contributed by atoms with Gasteiger partial charge in [0.1, 0.15) is 5.52 Å². The van der Waals surface area contributed by atoms with Crippen LogP contribution in [0.25, 0.3) is 11.2 Å². The molecule has 0 fully saturated rings. The van der Waals surface area contributed by atoms with Crippen LogP contribution in [-0.2, 0) is 6.54 Å². The lowest BCUT2D eigenvalue weighted by molar-refractivity contribution is 1.07. The van der Waals surface area contributed by atoms with Crippen molar-refractivity contribution in [2.24, 2.45) is 0 Å². The largest absolute Gasteiger partial charge is 0.382 e. The number of imidazole rings is 1. The highest BCUT2D eigenvalue weighted by Crippen LogP contribution is 2.15. The Labute approximate surface area is 110 Å². The predicted molar refractivity (Wildman–Crippen MR) is 74.6 cm³/mol. The van der Waals surface area contributed by atoms with Gasteiger partial charge in [-0.25, -0.2) is 4.98 Å². The van der Waals surface area contributed by atoms with Gasteiger partial charge in [0, 0.05) is 6.54 Å². The average Bonchev–Trinajstić information content (AvgIpc) is 2.85. The number of rotatable bonds is 3. The fourth-order valence-corrected chi connectivity index (χ4v) is 1.94. The summed E-state index contributed by atoms with van der Waals surface area (Å²) in [5.41, 5.74) is 9.46. The Hall–Kier alpha value is -2.63. The number of fused-ring (bicyclic) bond motifs is 1. The number of nitrogens with two attached hydrogens (primary N) is 1. The van der Waals surface area contributed by atoms with E-state index in [9.17, 15) is 0 Å². The lowest BCUT2D eigenvalue weighted by Gasteiger charge is -2.06. The van der Waals surface area contributed by atoms with E-state index >= 15 is 0 Å². The second kappa shape index (κ2) is 4.56. The van der Waals surface area contributed by atoms with Crippen LogP contribution in [0.4, 0.5) is 11.8 Å². The third-order valence-electron chi connectivity index (χ3n) is 2.85. The van der Waals surface area contributed by atoms with Crippen molar-refractivity contribution in [3.8, 4) is 0 Å². The maximum atomic E-state index is 5.83. The molecule has 0 saturated carbocycles. The van der Waals surface area contributed by atoms with Crippen LogP contribution in [0.5, 0.6) is 0 Å². The van der Waals surface area contributed by atoms with Gasteiger partial charge in [0.25, 0.3) is 0 Å². The highest BCUT2D eigenvalue weighted by Gasteiger charge is 2.06.